The number of aryl methyl sites for hydroxylation is 2. The molecule has 0 saturated carbocycles. The fraction of sp³-hybridized carbons (Fsp3) is 0.200. The number of nitrogens with zero attached hydrogens (tertiary/aromatic N) is 5. The fourth-order valence-corrected chi connectivity index (χ4v) is 3.97. The summed E-state index contributed by atoms with van der Waals surface area (Å²) in [5, 5.41) is 12.6. The van der Waals surface area contributed by atoms with Gasteiger partial charge in [0, 0.05) is 37.1 Å². The number of pyridine rings is 1. The third-order valence-corrected chi connectivity index (χ3v) is 5.64. The van der Waals surface area contributed by atoms with Crippen molar-refractivity contribution in [3.63, 3.8) is 0 Å². The van der Waals surface area contributed by atoms with E-state index in [1.807, 2.05) is 31.6 Å². The van der Waals surface area contributed by atoms with Gasteiger partial charge >= 0.3 is 0 Å². The predicted octanol–water partition coefficient (Wildman–Crippen LogP) is 4.97. The molecule has 0 spiro atoms. The highest BCUT2D eigenvalue weighted by molar-refractivity contribution is 6.00. The summed E-state index contributed by atoms with van der Waals surface area (Å²) >= 11 is 0. The van der Waals surface area contributed by atoms with Crippen LogP contribution >= 0.6 is 0 Å². The van der Waals surface area contributed by atoms with Gasteiger partial charge in [-0.05, 0) is 54.3 Å². The molecular weight excluding hydrogens is 416 g/mol. The zero-order chi connectivity index (χ0) is 22.6. The number of aromatic nitrogens is 5. The molecule has 0 unspecified atom stereocenters. The van der Waals surface area contributed by atoms with E-state index in [-0.39, 0.29) is 0 Å². The van der Waals surface area contributed by atoms with Gasteiger partial charge in [0.1, 0.15) is 5.75 Å². The van der Waals surface area contributed by atoms with E-state index in [1.54, 1.807) is 19.5 Å². The Morgan fingerprint density at radius 3 is 2.76 bits per heavy atom. The number of hydrogen-bond donors (Lipinski definition) is 1. The molecule has 0 radical (unpaired) electrons. The van der Waals surface area contributed by atoms with Crippen molar-refractivity contribution in [2.24, 2.45) is 0 Å². The van der Waals surface area contributed by atoms with E-state index in [4.69, 9.17) is 9.15 Å². The monoisotopic (exact) mass is 440 g/mol. The van der Waals surface area contributed by atoms with Gasteiger partial charge in [0.15, 0.2) is 0 Å². The van der Waals surface area contributed by atoms with Crippen LogP contribution in [0.5, 0.6) is 5.75 Å². The fourth-order valence-electron chi connectivity index (χ4n) is 3.97. The minimum absolute atomic E-state index is 0.437. The minimum Gasteiger partial charge on any atom is -0.496 e. The molecule has 33 heavy (non-hydrogen) atoms. The van der Waals surface area contributed by atoms with E-state index < -0.39 is 0 Å². The second-order valence-corrected chi connectivity index (χ2v) is 7.79. The van der Waals surface area contributed by atoms with Crippen molar-refractivity contribution in [3.05, 3.63) is 73.3 Å². The number of anilines is 1. The number of fused-ring (bicyclic) bond motifs is 1. The molecule has 8 heteroatoms. The number of ether oxygens (including phenoxy) is 1. The Kier molecular flexibility index (Phi) is 5.72. The molecule has 3 aromatic heterocycles. The lowest BCUT2D eigenvalue weighted by Crippen LogP contribution is -2.07. The lowest BCUT2D eigenvalue weighted by atomic mass is 9.99. The van der Waals surface area contributed by atoms with Crippen LogP contribution in [-0.2, 0) is 6.54 Å². The van der Waals surface area contributed by atoms with Gasteiger partial charge in [0.2, 0.25) is 6.39 Å². The van der Waals surface area contributed by atoms with Crippen molar-refractivity contribution in [3.8, 4) is 28.3 Å². The number of rotatable bonds is 8. The van der Waals surface area contributed by atoms with Crippen molar-refractivity contribution in [2.75, 3.05) is 19.0 Å². The number of imidazole rings is 1. The van der Waals surface area contributed by atoms with Crippen LogP contribution in [0.1, 0.15) is 12.0 Å². The first kappa shape index (κ1) is 20.7. The summed E-state index contributed by atoms with van der Waals surface area (Å²) in [6, 6.07) is 12.5. The Labute approximate surface area is 191 Å². The summed E-state index contributed by atoms with van der Waals surface area (Å²) in [4.78, 5) is 8.75. The summed E-state index contributed by atoms with van der Waals surface area (Å²) in [5.74, 6) is 1.31. The number of nitrogens with one attached hydrogen (secondary N) is 1. The maximum atomic E-state index is 5.50. The smallest absolute Gasteiger partial charge is 0.251 e. The van der Waals surface area contributed by atoms with Crippen LogP contribution in [0.25, 0.3) is 33.5 Å². The third-order valence-electron chi connectivity index (χ3n) is 5.64. The van der Waals surface area contributed by atoms with Crippen LogP contribution in [0.4, 0.5) is 5.69 Å². The molecule has 0 atom stereocenters. The zero-order valence-corrected chi connectivity index (χ0v) is 18.5. The second kappa shape index (κ2) is 9.12. The first-order valence-electron chi connectivity index (χ1n) is 10.8. The molecule has 8 nitrogen and oxygen atoms in total. The SMILES string of the molecule is COc1ccc(-c2ccc3ncc(-c4nnco4)c(NCCCn4ccnc4)c3c2)cc1C. The van der Waals surface area contributed by atoms with Gasteiger partial charge in [0.05, 0.1) is 30.2 Å². The van der Waals surface area contributed by atoms with E-state index in [0.29, 0.717) is 5.89 Å². The summed E-state index contributed by atoms with van der Waals surface area (Å²) in [7, 11) is 1.69. The average Bonchev–Trinajstić information content (AvgIpc) is 3.56. The van der Waals surface area contributed by atoms with Gasteiger partial charge in [-0.1, -0.05) is 12.1 Å². The molecule has 5 rings (SSSR count). The molecule has 0 aliphatic rings. The first-order chi connectivity index (χ1) is 16.2. The van der Waals surface area contributed by atoms with Gasteiger partial charge < -0.3 is 19.0 Å². The van der Waals surface area contributed by atoms with Crippen molar-refractivity contribution >= 4 is 16.6 Å². The van der Waals surface area contributed by atoms with Crippen LogP contribution in [0, 0.1) is 6.92 Å². The molecule has 3 heterocycles. The lowest BCUT2D eigenvalue weighted by Gasteiger charge is -2.15. The van der Waals surface area contributed by atoms with E-state index in [9.17, 15) is 0 Å². The normalized spacial score (nSPS) is 11.1. The molecular formula is C25H24N6O2. The van der Waals surface area contributed by atoms with Crippen LogP contribution in [0.2, 0.25) is 0 Å². The molecule has 0 fully saturated rings. The predicted molar refractivity (Wildman–Crippen MR) is 127 cm³/mol. The Balaban J connectivity index is 1.52. The van der Waals surface area contributed by atoms with Gasteiger partial charge in [-0.2, -0.15) is 0 Å². The van der Waals surface area contributed by atoms with E-state index in [0.717, 1.165) is 64.1 Å². The van der Waals surface area contributed by atoms with Gasteiger partial charge in [0.25, 0.3) is 5.89 Å². The molecule has 0 aliphatic carbocycles. The van der Waals surface area contributed by atoms with Crippen LogP contribution < -0.4 is 10.1 Å². The van der Waals surface area contributed by atoms with Crippen LogP contribution in [0.15, 0.2) is 72.1 Å². The summed E-state index contributed by atoms with van der Waals surface area (Å²) in [5.41, 5.74) is 5.91. The highest BCUT2D eigenvalue weighted by atomic mass is 16.5. The molecule has 0 bridgehead atoms. The summed E-state index contributed by atoms with van der Waals surface area (Å²) < 4.78 is 13.0. The highest BCUT2D eigenvalue weighted by Gasteiger charge is 2.15. The second-order valence-electron chi connectivity index (χ2n) is 7.79. The molecule has 0 amide bonds. The zero-order valence-electron chi connectivity index (χ0n) is 18.5. The Bertz CT molecular complexity index is 1360. The minimum atomic E-state index is 0.437. The van der Waals surface area contributed by atoms with Gasteiger partial charge in [-0.15, -0.1) is 10.2 Å². The summed E-state index contributed by atoms with van der Waals surface area (Å²) in [6.07, 6.45) is 9.63. The number of hydrogen-bond acceptors (Lipinski definition) is 7. The quantitative estimate of drug-likeness (QED) is 0.341. The maximum Gasteiger partial charge on any atom is 0.251 e. The molecule has 0 saturated heterocycles. The molecule has 166 valence electrons. The third kappa shape index (κ3) is 4.27. The molecule has 0 aliphatic heterocycles. The largest absolute Gasteiger partial charge is 0.496 e. The topological polar surface area (TPSA) is 90.9 Å². The highest BCUT2D eigenvalue weighted by Crippen LogP contribution is 2.35. The van der Waals surface area contributed by atoms with E-state index in [2.05, 4.69) is 54.3 Å². The molecule has 2 aromatic carbocycles. The van der Waals surface area contributed by atoms with Gasteiger partial charge in [-0.25, -0.2) is 4.98 Å². The Morgan fingerprint density at radius 2 is 2.00 bits per heavy atom. The number of benzene rings is 2. The van der Waals surface area contributed by atoms with Crippen molar-refractivity contribution in [2.45, 2.75) is 19.9 Å². The standard InChI is InChI=1S/C25H24N6O2/c1-17-12-18(5-7-23(17)32-2)19-4-6-22-20(13-19)24(21(14-28-22)25-30-29-16-33-25)27-8-3-10-31-11-9-26-15-31/h4-7,9,11-16H,3,8,10H2,1-2H3,(H,27,28). The van der Waals surface area contributed by atoms with Crippen molar-refractivity contribution in [1.29, 1.82) is 0 Å². The van der Waals surface area contributed by atoms with E-state index >= 15 is 0 Å². The van der Waals surface area contributed by atoms with Crippen molar-refractivity contribution < 1.29 is 9.15 Å². The van der Waals surface area contributed by atoms with Gasteiger partial charge in [-0.3, -0.25) is 4.98 Å². The maximum absolute atomic E-state index is 5.50. The summed E-state index contributed by atoms with van der Waals surface area (Å²) in [6.45, 7) is 3.69. The lowest BCUT2D eigenvalue weighted by molar-refractivity contribution is 0.412. The number of methoxy groups -OCH3 is 1. The molecule has 5 aromatic rings. The first-order valence-corrected chi connectivity index (χ1v) is 10.8. The molecule has 1 N–H and O–H groups in total. The van der Waals surface area contributed by atoms with E-state index in [1.165, 1.54) is 6.39 Å². The van der Waals surface area contributed by atoms with Crippen LogP contribution in [0.3, 0.4) is 0 Å². The average molecular weight is 441 g/mol. The van der Waals surface area contributed by atoms with Crippen molar-refractivity contribution in [1.82, 2.24) is 24.7 Å². The Morgan fingerprint density at radius 1 is 1.12 bits per heavy atom. The Hall–Kier alpha value is -4.20. The van der Waals surface area contributed by atoms with Crippen LogP contribution in [-0.4, -0.2) is 38.4 Å².